The van der Waals surface area contributed by atoms with Crippen molar-refractivity contribution in [2.24, 2.45) is 4.99 Å². The molecule has 3 aromatic heterocycles. The summed E-state index contributed by atoms with van der Waals surface area (Å²) >= 11 is 3.31. The van der Waals surface area contributed by atoms with Crippen LogP contribution in [0.15, 0.2) is 40.0 Å². The number of rotatable bonds is 2. The largest absolute Gasteiger partial charge is 0.494 e. The molecule has 0 aromatic carbocycles. The summed E-state index contributed by atoms with van der Waals surface area (Å²) in [6, 6.07) is 8.11. The fraction of sp³-hybridized carbons (Fsp3) is 0.0714. The molecular weight excluding hydrogens is 276 g/mol. The summed E-state index contributed by atoms with van der Waals surface area (Å²) < 4.78 is 0. The molecule has 1 aliphatic heterocycles. The Hall–Kier alpha value is -1.85. The summed E-state index contributed by atoms with van der Waals surface area (Å²) in [4.78, 5) is 9.93. The zero-order chi connectivity index (χ0) is 12.8. The highest BCUT2D eigenvalue weighted by Crippen LogP contribution is 2.39. The Bertz CT molecular complexity index is 752. The van der Waals surface area contributed by atoms with E-state index in [1.807, 2.05) is 29.0 Å². The molecule has 2 N–H and O–H groups in total. The van der Waals surface area contributed by atoms with Gasteiger partial charge in [0.25, 0.3) is 0 Å². The summed E-state index contributed by atoms with van der Waals surface area (Å²) in [5, 5.41) is 14.3. The quantitative estimate of drug-likeness (QED) is 0.738. The smallest absolute Gasteiger partial charge is 0.198 e. The molecular formula is C14H10N2OS2. The minimum atomic E-state index is 0.225. The number of nitrogens with zero attached hydrogens (tertiary/aromatic N) is 1. The first-order chi connectivity index (χ1) is 9.34. The van der Waals surface area contributed by atoms with Gasteiger partial charge in [0.05, 0.1) is 33.3 Å². The monoisotopic (exact) mass is 286 g/mol. The Kier molecular flexibility index (Phi) is 2.36. The lowest BCUT2D eigenvalue weighted by molar-refractivity contribution is 0.456. The second-order valence-corrected chi connectivity index (χ2v) is 6.22. The first-order valence-corrected chi connectivity index (χ1v) is 7.67. The van der Waals surface area contributed by atoms with E-state index < -0.39 is 0 Å². The predicted molar refractivity (Wildman–Crippen MR) is 79.4 cm³/mol. The molecule has 0 bridgehead atoms. The van der Waals surface area contributed by atoms with Crippen LogP contribution in [0.5, 0.6) is 5.88 Å². The van der Waals surface area contributed by atoms with Crippen LogP contribution in [0, 0.1) is 0 Å². The predicted octanol–water partition coefficient (Wildman–Crippen LogP) is 3.86. The van der Waals surface area contributed by atoms with E-state index in [0.717, 1.165) is 32.3 Å². The molecule has 0 radical (unpaired) electrons. The first-order valence-electron chi connectivity index (χ1n) is 5.91. The van der Waals surface area contributed by atoms with Gasteiger partial charge in [-0.1, -0.05) is 12.1 Å². The van der Waals surface area contributed by atoms with Crippen LogP contribution in [0.3, 0.4) is 0 Å². The lowest BCUT2D eigenvalue weighted by Gasteiger charge is -1.97. The van der Waals surface area contributed by atoms with Gasteiger partial charge in [-0.3, -0.25) is 4.99 Å². The maximum atomic E-state index is 10.2. The van der Waals surface area contributed by atoms with Gasteiger partial charge in [0.2, 0.25) is 0 Å². The molecule has 5 heteroatoms. The molecule has 0 saturated heterocycles. The summed E-state index contributed by atoms with van der Waals surface area (Å²) in [7, 11) is 0. The molecule has 0 aliphatic carbocycles. The molecule has 4 heterocycles. The number of nitrogens with one attached hydrogen (secondary N) is 1. The van der Waals surface area contributed by atoms with Gasteiger partial charge < -0.3 is 10.1 Å². The summed E-state index contributed by atoms with van der Waals surface area (Å²) in [5.41, 5.74) is 3.87. The Morgan fingerprint density at radius 1 is 1.11 bits per heavy atom. The number of thiophene rings is 2. The van der Waals surface area contributed by atoms with Gasteiger partial charge in [-0.05, 0) is 22.9 Å². The van der Waals surface area contributed by atoms with Crippen LogP contribution in [0.25, 0.3) is 10.6 Å². The zero-order valence-electron chi connectivity index (χ0n) is 9.88. The second kappa shape index (κ2) is 4.08. The molecule has 0 unspecified atom stereocenters. The van der Waals surface area contributed by atoms with Crippen molar-refractivity contribution >= 4 is 28.4 Å². The normalized spacial score (nSPS) is 13.6. The topological polar surface area (TPSA) is 48.4 Å². The number of fused-ring (bicyclic) bond motifs is 1. The van der Waals surface area contributed by atoms with Crippen molar-refractivity contribution in [3.8, 4) is 16.5 Å². The first kappa shape index (κ1) is 11.0. The molecule has 0 spiro atoms. The van der Waals surface area contributed by atoms with E-state index in [2.05, 4.69) is 16.0 Å². The molecule has 3 nitrogen and oxygen atoms in total. The zero-order valence-corrected chi connectivity index (χ0v) is 11.5. The Morgan fingerprint density at radius 3 is 2.53 bits per heavy atom. The van der Waals surface area contributed by atoms with Crippen LogP contribution in [-0.4, -0.2) is 15.8 Å². The van der Waals surface area contributed by atoms with E-state index in [1.54, 1.807) is 22.7 Å². The third-order valence-corrected chi connectivity index (χ3v) is 5.00. The van der Waals surface area contributed by atoms with Crippen LogP contribution in [0.1, 0.15) is 16.0 Å². The minimum Gasteiger partial charge on any atom is -0.494 e. The van der Waals surface area contributed by atoms with E-state index >= 15 is 0 Å². The van der Waals surface area contributed by atoms with E-state index in [-0.39, 0.29) is 5.88 Å². The molecule has 19 heavy (non-hydrogen) atoms. The van der Waals surface area contributed by atoms with Crippen molar-refractivity contribution in [1.29, 1.82) is 0 Å². The van der Waals surface area contributed by atoms with Crippen LogP contribution in [0.2, 0.25) is 0 Å². The Balaban J connectivity index is 1.88. The maximum absolute atomic E-state index is 10.2. The third kappa shape index (κ3) is 1.59. The molecule has 0 atom stereocenters. The van der Waals surface area contributed by atoms with Gasteiger partial charge in [-0.15, -0.1) is 22.7 Å². The number of hydrogen-bond donors (Lipinski definition) is 2. The van der Waals surface area contributed by atoms with Crippen molar-refractivity contribution in [2.45, 2.75) is 6.54 Å². The lowest BCUT2D eigenvalue weighted by Crippen LogP contribution is -1.96. The molecule has 3 aromatic rings. The van der Waals surface area contributed by atoms with Crippen molar-refractivity contribution < 1.29 is 5.11 Å². The standard InChI is InChI=1S/C14H10N2OS2/c17-14-11-8(12(16-14)9-3-1-5-18-9)7-15-13(11)10-4-2-6-19-10/h1-6,16-17H,7H2. The third-order valence-electron chi connectivity index (χ3n) is 3.24. The Morgan fingerprint density at radius 2 is 1.84 bits per heavy atom. The van der Waals surface area contributed by atoms with E-state index in [9.17, 15) is 5.11 Å². The molecule has 1 aliphatic rings. The van der Waals surface area contributed by atoms with Crippen molar-refractivity contribution in [3.05, 3.63) is 51.0 Å². The molecule has 0 saturated carbocycles. The minimum absolute atomic E-state index is 0.225. The van der Waals surface area contributed by atoms with Crippen LogP contribution < -0.4 is 0 Å². The number of aliphatic imine (C=N–C) groups is 1. The van der Waals surface area contributed by atoms with Gasteiger partial charge >= 0.3 is 0 Å². The average molecular weight is 286 g/mol. The summed E-state index contributed by atoms with van der Waals surface area (Å²) in [6.07, 6.45) is 0. The number of aromatic hydroxyl groups is 1. The van der Waals surface area contributed by atoms with Gasteiger partial charge in [0.1, 0.15) is 0 Å². The van der Waals surface area contributed by atoms with Crippen LogP contribution >= 0.6 is 22.7 Å². The average Bonchev–Trinajstić information content (AvgIpc) is 3.16. The van der Waals surface area contributed by atoms with Gasteiger partial charge in [0, 0.05) is 5.56 Å². The second-order valence-electron chi connectivity index (χ2n) is 4.32. The highest BCUT2D eigenvalue weighted by atomic mass is 32.1. The van der Waals surface area contributed by atoms with Crippen molar-refractivity contribution in [3.63, 3.8) is 0 Å². The molecule has 94 valence electrons. The maximum Gasteiger partial charge on any atom is 0.198 e. The number of aromatic nitrogens is 1. The summed E-state index contributed by atoms with van der Waals surface area (Å²) in [6.45, 7) is 0.632. The molecule has 0 amide bonds. The van der Waals surface area contributed by atoms with Gasteiger partial charge in [0.15, 0.2) is 5.88 Å². The highest BCUT2D eigenvalue weighted by Gasteiger charge is 2.28. The molecule has 4 rings (SSSR count). The highest BCUT2D eigenvalue weighted by molar-refractivity contribution is 7.13. The summed E-state index contributed by atoms with van der Waals surface area (Å²) in [5.74, 6) is 0.225. The van der Waals surface area contributed by atoms with Crippen LogP contribution in [-0.2, 0) is 6.54 Å². The van der Waals surface area contributed by atoms with Gasteiger partial charge in [-0.25, -0.2) is 0 Å². The van der Waals surface area contributed by atoms with Gasteiger partial charge in [-0.2, -0.15) is 0 Å². The SMILES string of the molecule is Oc1[nH]c(-c2cccs2)c2c1C(c1cccs1)=NC2. The fourth-order valence-corrected chi connectivity index (χ4v) is 3.91. The van der Waals surface area contributed by atoms with Crippen molar-refractivity contribution in [2.75, 3.05) is 0 Å². The van der Waals surface area contributed by atoms with E-state index in [4.69, 9.17) is 0 Å². The number of hydrogen-bond acceptors (Lipinski definition) is 4. The van der Waals surface area contributed by atoms with E-state index in [0.29, 0.717) is 6.54 Å². The fourth-order valence-electron chi connectivity index (χ4n) is 2.42. The number of H-pyrrole nitrogens is 1. The lowest BCUT2D eigenvalue weighted by atomic mass is 10.1. The van der Waals surface area contributed by atoms with Crippen LogP contribution in [0.4, 0.5) is 0 Å². The molecule has 0 fully saturated rings. The Labute approximate surface area is 117 Å². The van der Waals surface area contributed by atoms with Crippen molar-refractivity contribution in [1.82, 2.24) is 4.98 Å². The van der Waals surface area contributed by atoms with E-state index in [1.165, 1.54) is 0 Å². The number of aromatic amines is 1.